The minimum atomic E-state index is -0.295. The molecule has 3 unspecified atom stereocenters. The lowest BCUT2D eigenvalue weighted by Crippen LogP contribution is -2.60. The number of rotatable bonds is 1. The molecule has 2 fully saturated rings. The van der Waals surface area contributed by atoms with Crippen LogP contribution < -0.4 is 5.32 Å². The summed E-state index contributed by atoms with van der Waals surface area (Å²) >= 11 is 0. The van der Waals surface area contributed by atoms with Gasteiger partial charge in [-0.15, -0.1) is 0 Å². The molecule has 0 aromatic rings. The molecule has 2 amide bonds. The lowest BCUT2D eigenvalue weighted by molar-refractivity contribution is -0.148. The Hall–Kier alpha value is -1.06. The van der Waals surface area contributed by atoms with Gasteiger partial charge in [0.1, 0.15) is 6.04 Å². The summed E-state index contributed by atoms with van der Waals surface area (Å²) in [6, 6.07) is -0.0182. The molecule has 84 valence electrons. The van der Waals surface area contributed by atoms with Crippen LogP contribution in [0.5, 0.6) is 0 Å². The van der Waals surface area contributed by atoms with E-state index >= 15 is 0 Å². The van der Waals surface area contributed by atoms with Gasteiger partial charge in [-0.3, -0.25) is 9.59 Å². The third-order valence-corrected chi connectivity index (χ3v) is 3.67. The Kier molecular flexibility index (Phi) is 2.67. The van der Waals surface area contributed by atoms with Crippen LogP contribution >= 0.6 is 0 Å². The van der Waals surface area contributed by atoms with E-state index in [0.717, 1.165) is 6.42 Å². The molecule has 0 aromatic heterocycles. The molecular formula is C11H18N2O2. The van der Waals surface area contributed by atoms with Gasteiger partial charge in [-0.2, -0.15) is 0 Å². The molecule has 1 aliphatic carbocycles. The van der Waals surface area contributed by atoms with Crippen LogP contribution in [0.3, 0.4) is 0 Å². The summed E-state index contributed by atoms with van der Waals surface area (Å²) in [5.74, 6) is 0.580. The van der Waals surface area contributed by atoms with Crippen LogP contribution in [0, 0.1) is 5.92 Å². The zero-order valence-corrected chi connectivity index (χ0v) is 9.32. The van der Waals surface area contributed by atoms with Gasteiger partial charge in [-0.25, -0.2) is 0 Å². The largest absolute Gasteiger partial charge is 0.345 e. The smallest absolute Gasteiger partial charge is 0.242 e. The fraction of sp³-hybridized carbons (Fsp3) is 0.818. The van der Waals surface area contributed by atoms with Crippen molar-refractivity contribution in [3.8, 4) is 0 Å². The fourth-order valence-corrected chi connectivity index (χ4v) is 2.76. The zero-order chi connectivity index (χ0) is 11.0. The number of hydrogen-bond donors (Lipinski definition) is 1. The third-order valence-electron chi connectivity index (χ3n) is 3.67. The first kappa shape index (κ1) is 10.5. The van der Waals surface area contributed by atoms with Crippen molar-refractivity contribution in [1.82, 2.24) is 10.2 Å². The summed E-state index contributed by atoms with van der Waals surface area (Å²) in [4.78, 5) is 25.1. The summed E-state index contributed by atoms with van der Waals surface area (Å²) in [6.45, 7) is 4.16. The molecule has 2 rings (SSSR count). The van der Waals surface area contributed by atoms with Crippen LogP contribution in [0.15, 0.2) is 0 Å². The van der Waals surface area contributed by atoms with Gasteiger partial charge >= 0.3 is 0 Å². The van der Waals surface area contributed by atoms with E-state index in [4.69, 9.17) is 0 Å². The van der Waals surface area contributed by atoms with E-state index in [-0.39, 0.29) is 30.4 Å². The van der Waals surface area contributed by atoms with Crippen LogP contribution in [-0.4, -0.2) is 35.3 Å². The SMILES string of the molecule is CC1CCCC1N1C(=O)CNC(=O)C1C. The maximum absolute atomic E-state index is 11.8. The van der Waals surface area contributed by atoms with E-state index in [1.807, 2.05) is 6.92 Å². The number of hydrogen-bond acceptors (Lipinski definition) is 2. The molecule has 0 spiro atoms. The van der Waals surface area contributed by atoms with E-state index < -0.39 is 0 Å². The van der Waals surface area contributed by atoms with Gasteiger partial charge in [0.2, 0.25) is 11.8 Å². The van der Waals surface area contributed by atoms with Crippen LogP contribution in [0.4, 0.5) is 0 Å². The molecule has 1 aliphatic heterocycles. The number of nitrogens with zero attached hydrogens (tertiary/aromatic N) is 1. The van der Waals surface area contributed by atoms with Crippen molar-refractivity contribution in [3.63, 3.8) is 0 Å². The van der Waals surface area contributed by atoms with Crippen molar-refractivity contribution >= 4 is 11.8 Å². The van der Waals surface area contributed by atoms with Gasteiger partial charge in [0.15, 0.2) is 0 Å². The highest BCUT2D eigenvalue weighted by Gasteiger charge is 2.39. The second-order valence-electron chi connectivity index (χ2n) is 4.67. The quantitative estimate of drug-likeness (QED) is 0.686. The van der Waals surface area contributed by atoms with Crippen LogP contribution in [-0.2, 0) is 9.59 Å². The second-order valence-corrected chi connectivity index (χ2v) is 4.67. The van der Waals surface area contributed by atoms with Gasteiger partial charge in [0, 0.05) is 6.04 Å². The lowest BCUT2D eigenvalue weighted by atomic mass is 10.0. The van der Waals surface area contributed by atoms with Crippen LogP contribution in [0.25, 0.3) is 0 Å². The molecule has 4 heteroatoms. The molecule has 1 saturated heterocycles. The zero-order valence-electron chi connectivity index (χ0n) is 9.32. The number of nitrogens with one attached hydrogen (secondary N) is 1. The number of amides is 2. The van der Waals surface area contributed by atoms with Gasteiger partial charge in [-0.1, -0.05) is 13.3 Å². The number of piperazine rings is 1. The molecule has 0 radical (unpaired) electrons. The van der Waals surface area contributed by atoms with Crippen LogP contribution in [0.1, 0.15) is 33.1 Å². The van der Waals surface area contributed by atoms with Crippen molar-refractivity contribution in [1.29, 1.82) is 0 Å². The highest BCUT2D eigenvalue weighted by molar-refractivity contribution is 5.94. The monoisotopic (exact) mass is 210 g/mol. The van der Waals surface area contributed by atoms with Crippen molar-refractivity contribution in [2.45, 2.75) is 45.2 Å². The Morgan fingerprint density at radius 1 is 1.27 bits per heavy atom. The summed E-state index contributed by atoms with van der Waals surface area (Å²) in [7, 11) is 0. The Balaban J connectivity index is 2.17. The molecule has 15 heavy (non-hydrogen) atoms. The Bertz CT molecular complexity index is 290. The van der Waals surface area contributed by atoms with E-state index in [9.17, 15) is 9.59 Å². The van der Waals surface area contributed by atoms with E-state index in [2.05, 4.69) is 12.2 Å². The molecule has 0 bridgehead atoms. The predicted molar refractivity (Wildman–Crippen MR) is 56.1 cm³/mol. The van der Waals surface area contributed by atoms with Gasteiger partial charge in [0.25, 0.3) is 0 Å². The molecule has 0 aromatic carbocycles. The lowest BCUT2D eigenvalue weighted by Gasteiger charge is -2.39. The normalized spacial score (nSPS) is 36.9. The topological polar surface area (TPSA) is 49.4 Å². The maximum Gasteiger partial charge on any atom is 0.242 e. The Morgan fingerprint density at radius 2 is 2.00 bits per heavy atom. The Morgan fingerprint density at radius 3 is 2.60 bits per heavy atom. The molecule has 3 atom stereocenters. The minimum Gasteiger partial charge on any atom is -0.345 e. The maximum atomic E-state index is 11.8. The average Bonchev–Trinajstić information content (AvgIpc) is 2.60. The summed E-state index contributed by atoms with van der Waals surface area (Å²) < 4.78 is 0. The van der Waals surface area contributed by atoms with E-state index in [0.29, 0.717) is 5.92 Å². The fourth-order valence-electron chi connectivity index (χ4n) is 2.76. The van der Waals surface area contributed by atoms with Crippen molar-refractivity contribution < 1.29 is 9.59 Å². The first-order valence-corrected chi connectivity index (χ1v) is 5.70. The van der Waals surface area contributed by atoms with Crippen molar-refractivity contribution in [2.24, 2.45) is 5.92 Å². The standard InChI is InChI=1S/C11H18N2O2/c1-7-4-3-5-9(7)13-8(2)11(15)12-6-10(13)14/h7-9H,3-6H2,1-2H3,(H,12,15). The van der Waals surface area contributed by atoms with Gasteiger partial charge < -0.3 is 10.2 Å². The molecule has 4 nitrogen and oxygen atoms in total. The highest BCUT2D eigenvalue weighted by atomic mass is 16.2. The first-order valence-electron chi connectivity index (χ1n) is 5.70. The van der Waals surface area contributed by atoms with Gasteiger partial charge in [0.05, 0.1) is 6.54 Å². The summed E-state index contributed by atoms with van der Waals surface area (Å²) in [5.41, 5.74) is 0. The van der Waals surface area contributed by atoms with Gasteiger partial charge in [-0.05, 0) is 25.7 Å². The van der Waals surface area contributed by atoms with E-state index in [1.165, 1.54) is 12.8 Å². The summed E-state index contributed by atoms with van der Waals surface area (Å²) in [5, 5.41) is 2.62. The van der Waals surface area contributed by atoms with Crippen LogP contribution in [0.2, 0.25) is 0 Å². The second kappa shape index (κ2) is 3.83. The van der Waals surface area contributed by atoms with E-state index in [1.54, 1.807) is 4.90 Å². The van der Waals surface area contributed by atoms with Crippen molar-refractivity contribution in [2.75, 3.05) is 6.54 Å². The molecule has 2 aliphatic rings. The average molecular weight is 210 g/mol. The van der Waals surface area contributed by atoms with Crippen molar-refractivity contribution in [3.05, 3.63) is 0 Å². The summed E-state index contributed by atoms with van der Waals surface area (Å²) in [6.07, 6.45) is 3.39. The molecule has 1 heterocycles. The third kappa shape index (κ3) is 1.73. The highest BCUT2D eigenvalue weighted by Crippen LogP contribution is 2.31. The minimum absolute atomic E-state index is 0.0197. The molecule has 1 N–H and O–H groups in total. The Labute approximate surface area is 90.0 Å². The number of carbonyl (C=O) groups excluding carboxylic acids is 2. The first-order chi connectivity index (χ1) is 7.11. The molecular weight excluding hydrogens is 192 g/mol. The predicted octanol–water partition coefficient (Wildman–Crippen LogP) is 0.522. The molecule has 1 saturated carbocycles. The number of carbonyl (C=O) groups is 2.